The molecule has 0 spiro atoms. The summed E-state index contributed by atoms with van der Waals surface area (Å²) in [6.45, 7) is 5.69. The van der Waals surface area contributed by atoms with Crippen molar-refractivity contribution in [1.29, 1.82) is 0 Å². The molecule has 16 heavy (non-hydrogen) atoms. The van der Waals surface area contributed by atoms with Gasteiger partial charge >= 0.3 is 0 Å². The van der Waals surface area contributed by atoms with Gasteiger partial charge in [0, 0.05) is 6.54 Å². The SMILES string of the molecule is CC(C)C(O)CCNC/C=C/c1ccco1. The molecule has 1 aromatic rings. The van der Waals surface area contributed by atoms with Gasteiger partial charge in [0.2, 0.25) is 0 Å². The predicted octanol–water partition coefficient (Wildman–Crippen LogP) is 2.29. The summed E-state index contributed by atoms with van der Waals surface area (Å²) in [6.07, 6.45) is 6.20. The van der Waals surface area contributed by atoms with Crippen molar-refractivity contribution in [1.82, 2.24) is 5.32 Å². The number of hydrogen-bond acceptors (Lipinski definition) is 3. The first-order valence-electron chi connectivity index (χ1n) is 5.79. The van der Waals surface area contributed by atoms with Crippen molar-refractivity contribution < 1.29 is 9.52 Å². The molecule has 0 aliphatic heterocycles. The van der Waals surface area contributed by atoms with Crippen molar-refractivity contribution >= 4 is 6.08 Å². The van der Waals surface area contributed by atoms with E-state index in [9.17, 15) is 5.11 Å². The summed E-state index contributed by atoms with van der Waals surface area (Å²) < 4.78 is 5.16. The molecule has 1 aromatic heterocycles. The minimum atomic E-state index is -0.207. The fourth-order valence-corrected chi connectivity index (χ4v) is 1.33. The third-order valence-corrected chi connectivity index (χ3v) is 2.47. The van der Waals surface area contributed by atoms with Crippen LogP contribution in [0.3, 0.4) is 0 Å². The quantitative estimate of drug-likeness (QED) is 0.697. The highest BCUT2D eigenvalue weighted by Crippen LogP contribution is 2.04. The molecule has 0 aliphatic rings. The Balaban J connectivity index is 2.04. The maximum Gasteiger partial charge on any atom is 0.126 e. The van der Waals surface area contributed by atoms with Crippen molar-refractivity contribution in [2.45, 2.75) is 26.4 Å². The van der Waals surface area contributed by atoms with Crippen LogP contribution in [-0.4, -0.2) is 24.3 Å². The van der Waals surface area contributed by atoms with E-state index in [4.69, 9.17) is 4.42 Å². The van der Waals surface area contributed by atoms with Crippen LogP contribution in [0.2, 0.25) is 0 Å². The molecule has 0 fully saturated rings. The normalized spacial score (nSPS) is 13.8. The molecule has 1 unspecified atom stereocenters. The summed E-state index contributed by atoms with van der Waals surface area (Å²) >= 11 is 0. The minimum absolute atomic E-state index is 0.207. The molecule has 1 rings (SSSR count). The van der Waals surface area contributed by atoms with E-state index in [1.54, 1.807) is 6.26 Å². The molecule has 0 radical (unpaired) electrons. The maximum absolute atomic E-state index is 9.56. The zero-order valence-electron chi connectivity index (χ0n) is 10.0. The third-order valence-electron chi connectivity index (χ3n) is 2.47. The molecule has 0 bridgehead atoms. The van der Waals surface area contributed by atoms with E-state index >= 15 is 0 Å². The fourth-order valence-electron chi connectivity index (χ4n) is 1.33. The monoisotopic (exact) mass is 223 g/mol. The molecule has 1 atom stereocenters. The Kier molecular flexibility index (Phi) is 5.90. The highest BCUT2D eigenvalue weighted by atomic mass is 16.3. The highest BCUT2D eigenvalue weighted by Gasteiger charge is 2.07. The van der Waals surface area contributed by atoms with Gasteiger partial charge in [-0.1, -0.05) is 19.9 Å². The van der Waals surface area contributed by atoms with E-state index in [2.05, 4.69) is 5.32 Å². The van der Waals surface area contributed by atoms with E-state index in [0.717, 1.165) is 25.3 Å². The van der Waals surface area contributed by atoms with Crippen LogP contribution in [0.25, 0.3) is 6.08 Å². The van der Waals surface area contributed by atoms with Crippen molar-refractivity contribution in [2.24, 2.45) is 5.92 Å². The molecule has 0 saturated carbocycles. The summed E-state index contributed by atoms with van der Waals surface area (Å²) in [5, 5.41) is 12.8. The van der Waals surface area contributed by atoms with Crippen LogP contribution >= 0.6 is 0 Å². The molecule has 0 aliphatic carbocycles. The molecular weight excluding hydrogens is 202 g/mol. The summed E-state index contributed by atoms with van der Waals surface area (Å²) in [5.74, 6) is 1.20. The lowest BCUT2D eigenvalue weighted by atomic mass is 10.0. The van der Waals surface area contributed by atoms with E-state index in [1.165, 1.54) is 0 Å². The molecular formula is C13H21NO2. The van der Waals surface area contributed by atoms with Crippen LogP contribution < -0.4 is 5.32 Å². The molecule has 2 N–H and O–H groups in total. The molecule has 3 heteroatoms. The number of furan rings is 1. The first-order chi connectivity index (χ1) is 7.70. The second-order valence-corrected chi connectivity index (χ2v) is 4.22. The molecule has 90 valence electrons. The smallest absolute Gasteiger partial charge is 0.126 e. The summed E-state index contributed by atoms with van der Waals surface area (Å²) in [7, 11) is 0. The molecule has 3 nitrogen and oxygen atoms in total. The molecule has 0 aromatic carbocycles. The lowest BCUT2D eigenvalue weighted by Crippen LogP contribution is -2.23. The van der Waals surface area contributed by atoms with Crippen LogP contribution in [0.5, 0.6) is 0 Å². The topological polar surface area (TPSA) is 45.4 Å². The van der Waals surface area contributed by atoms with E-state index < -0.39 is 0 Å². The van der Waals surface area contributed by atoms with Gasteiger partial charge in [-0.2, -0.15) is 0 Å². The van der Waals surface area contributed by atoms with Gasteiger partial charge in [0.05, 0.1) is 12.4 Å². The number of nitrogens with one attached hydrogen (secondary N) is 1. The second-order valence-electron chi connectivity index (χ2n) is 4.22. The van der Waals surface area contributed by atoms with Gasteiger partial charge in [0.15, 0.2) is 0 Å². The average Bonchev–Trinajstić information content (AvgIpc) is 2.75. The predicted molar refractivity (Wildman–Crippen MR) is 66.1 cm³/mol. The zero-order chi connectivity index (χ0) is 11.8. The number of aliphatic hydroxyl groups is 1. The van der Waals surface area contributed by atoms with E-state index in [0.29, 0.717) is 5.92 Å². The third kappa shape index (κ3) is 5.14. The summed E-state index contributed by atoms with van der Waals surface area (Å²) in [6, 6.07) is 3.78. The Morgan fingerprint density at radius 2 is 2.31 bits per heavy atom. The lowest BCUT2D eigenvalue weighted by Gasteiger charge is -2.13. The van der Waals surface area contributed by atoms with Gasteiger partial charge in [0.1, 0.15) is 5.76 Å². The van der Waals surface area contributed by atoms with Gasteiger partial charge in [-0.15, -0.1) is 0 Å². The largest absolute Gasteiger partial charge is 0.465 e. The van der Waals surface area contributed by atoms with E-state index in [-0.39, 0.29) is 6.10 Å². The lowest BCUT2D eigenvalue weighted by molar-refractivity contribution is 0.116. The van der Waals surface area contributed by atoms with Crippen LogP contribution in [0, 0.1) is 5.92 Å². The number of rotatable bonds is 7. The zero-order valence-corrected chi connectivity index (χ0v) is 10.0. The van der Waals surface area contributed by atoms with Crippen LogP contribution in [0.4, 0.5) is 0 Å². The average molecular weight is 223 g/mol. The van der Waals surface area contributed by atoms with Crippen LogP contribution in [0.1, 0.15) is 26.0 Å². The van der Waals surface area contributed by atoms with Gasteiger partial charge < -0.3 is 14.8 Å². The summed E-state index contributed by atoms with van der Waals surface area (Å²) in [5.41, 5.74) is 0. The Morgan fingerprint density at radius 3 is 2.94 bits per heavy atom. The Labute approximate surface area is 97.2 Å². The van der Waals surface area contributed by atoms with Crippen LogP contribution in [-0.2, 0) is 0 Å². The van der Waals surface area contributed by atoms with Crippen molar-refractivity contribution in [3.05, 3.63) is 30.2 Å². The van der Waals surface area contributed by atoms with Crippen LogP contribution in [0.15, 0.2) is 28.9 Å². The Morgan fingerprint density at radius 1 is 1.50 bits per heavy atom. The first-order valence-corrected chi connectivity index (χ1v) is 5.79. The molecule has 0 saturated heterocycles. The standard InChI is InChI=1S/C13H21NO2/c1-11(2)13(15)7-9-14-8-3-5-12-6-4-10-16-12/h3-6,10-11,13-15H,7-9H2,1-2H3/b5-3+. The van der Waals surface area contributed by atoms with E-state index in [1.807, 2.05) is 38.1 Å². The van der Waals surface area contributed by atoms with Gasteiger partial charge in [-0.05, 0) is 37.1 Å². The Bertz CT molecular complexity index is 291. The number of aliphatic hydroxyl groups excluding tert-OH is 1. The molecule has 1 heterocycles. The number of hydrogen-bond donors (Lipinski definition) is 2. The van der Waals surface area contributed by atoms with Gasteiger partial charge in [-0.25, -0.2) is 0 Å². The second kappa shape index (κ2) is 7.25. The maximum atomic E-state index is 9.56. The first kappa shape index (κ1) is 13.0. The Hall–Kier alpha value is -1.06. The van der Waals surface area contributed by atoms with Gasteiger partial charge in [-0.3, -0.25) is 0 Å². The van der Waals surface area contributed by atoms with Crippen molar-refractivity contribution in [3.8, 4) is 0 Å². The minimum Gasteiger partial charge on any atom is -0.465 e. The highest BCUT2D eigenvalue weighted by molar-refractivity contribution is 5.42. The van der Waals surface area contributed by atoms with Crippen molar-refractivity contribution in [3.63, 3.8) is 0 Å². The summed E-state index contributed by atoms with van der Waals surface area (Å²) in [4.78, 5) is 0. The van der Waals surface area contributed by atoms with Crippen molar-refractivity contribution in [2.75, 3.05) is 13.1 Å². The fraction of sp³-hybridized carbons (Fsp3) is 0.538. The van der Waals surface area contributed by atoms with Gasteiger partial charge in [0.25, 0.3) is 0 Å². The molecule has 0 amide bonds.